The van der Waals surface area contributed by atoms with Crippen molar-refractivity contribution in [2.75, 3.05) is 0 Å². The van der Waals surface area contributed by atoms with E-state index in [-0.39, 0.29) is 5.82 Å². The number of hydrogen-bond acceptors (Lipinski definition) is 4. The first-order valence-electron chi connectivity index (χ1n) is 10.4. The van der Waals surface area contributed by atoms with Crippen molar-refractivity contribution in [1.82, 2.24) is 30.1 Å². The minimum atomic E-state index is -0.286. The molecule has 0 bridgehead atoms. The Balaban J connectivity index is 1.53. The molecule has 0 spiro atoms. The summed E-state index contributed by atoms with van der Waals surface area (Å²) in [5, 5.41) is 9.00. The third kappa shape index (κ3) is 3.96. The van der Waals surface area contributed by atoms with Gasteiger partial charge in [0, 0.05) is 29.4 Å². The van der Waals surface area contributed by atoms with Crippen LogP contribution in [-0.2, 0) is 0 Å². The van der Waals surface area contributed by atoms with Gasteiger partial charge in [-0.15, -0.1) is 0 Å². The van der Waals surface area contributed by atoms with Crippen molar-refractivity contribution in [2.24, 2.45) is 0 Å². The number of aryl methyl sites for hydroxylation is 1. The number of allylic oxidation sites excluding steroid dienone is 2. The first-order valence-corrected chi connectivity index (χ1v) is 10.4. The van der Waals surface area contributed by atoms with Crippen LogP contribution in [0, 0.1) is 12.7 Å². The summed E-state index contributed by atoms with van der Waals surface area (Å²) in [6, 6.07) is 8.37. The number of nitrogens with one attached hydrogen (secondary N) is 2. The molecule has 33 heavy (non-hydrogen) atoms. The second-order valence-electron chi connectivity index (χ2n) is 7.91. The minimum Gasteiger partial charge on any atom is -0.335 e. The molecule has 0 saturated heterocycles. The Kier molecular flexibility index (Phi) is 5.14. The summed E-state index contributed by atoms with van der Waals surface area (Å²) < 4.78 is 13.3. The van der Waals surface area contributed by atoms with E-state index in [9.17, 15) is 4.39 Å². The van der Waals surface area contributed by atoms with Crippen LogP contribution in [0.4, 0.5) is 4.39 Å². The lowest BCUT2D eigenvalue weighted by Gasteiger charge is -2.01. The minimum absolute atomic E-state index is 0.286. The van der Waals surface area contributed by atoms with E-state index >= 15 is 0 Å². The standard InChI is InChI=1S/C26H21FN6/c1-15-10-19(12-28-11-15)16(2)4-9-22-17(3)24(33-32-22)26-30-23-14-29-13-21(25(23)31-26)18-5-7-20(27)8-6-18/h4-14,32H,3H2,1-2H3,(H,30,31)/b16-4+,22-9+. The molecule has 0 radical (unpaired) electrons. The van der Waals surface area contributed by atoms with Gasteiger partial charge in [-0.2, -0.15) is 5.10 Å². The van der Waals surface area contributed by atoms with Crippen LogP contribution in [0.3, 0.4) is 0 Å². The van der Waals surface area contributed by atoms with E-state index in [1.165, 1.54) is 12.1 Å². The van der Waals surface area contributed by atoms with Crippen molar-refractivity contribution in [3.8, 4) is 22.6 Å². The van der Waals surface area contributed by atoms with Gasteiger partial charge >= 0.3 is 0 Å². The average Bonchev–Trinajstić information content (AvgIpc) is 3.41. The summed E-state index contributed by atoms with van der Waals surface area (Å²) in [6.07, 6.45) is 11.1. The molecule has 4 aromatic heterocycles. The Morgan fingerprint density at radius 1 is 1.06 bits per heavy atom. The number of aromatic nitrogens is 6. The Hall–Kier alpha value is -4.39. The Morgan fingerprint density at radius 2 is 1.85 bits per heavy atom. The number of hydrogen-bond donors (Lipinski definition) is 2. The molecule has 1 aromatic carbocycles. The maximum atomic E-state index is 13.3. The van der Waals surface area contributed by atoms with Gasteiger partial charge in [-0.25, -0.2) is 9.37 Å². The van der Waals surface area contributed by atoms with Crippen LogP contribution in [0.1, 0.15) is 18.1 Å². The maximum Gasteiger partial charge on any atom is 0.159 e. The summed E-state index contributed by atoms with van der Waals surface area (Å²) in [4.78, 5) is 16.6. The normalized spacial score (nSPS) is 12.6. The largest absolute Gasteiger partial charge is 0.335 e. The van der Waals surface area contributed by atoms with Crippen LogP contribution in [-0.4, -0.2) is 30.1 Å². The smallest absolute Gasteiger partial charge is 0.159 e. The van der Waals surface area contributed by atoms with E-state index < -0.39 is 0 Å². The topological polar surface area (TPSA) is 83.1 Å². The van der Waals surface area contributed by atoms with Gasteiger partial charge < -0.3 is 4.98 Å². The summed E-state index contributed by atoms with van der Waals surface area (Å²) in [7, 11) is 0. The predicted octanol–water partition coefficient (Wildman–Crippen LogP) is 4.15. The van der Waals surface area contributed by atoms with E-state index in [0.29, 0.717) is 11.5 Å². The maximum absolute atomic E-state index is 13.3. The van der Waals surface area contributed by atoms with Crippen LogP contribution < -0.4 is 10.6 Å². The number of halogens is 1. The molecule has 0 aliphatic rings. The molecule has 0 amide bonds. The summed E-state index contributed by atoms with van der Waals surface area (Å²) in [5.41, 5.74) is 7.05. The van der Waals surface area contributed by atoms with Crippen molar-refractivity contribution in [1.29, 1.82) is 0 Å². The molecular formula is C26H21FN6. The highest BCUT2D eigenvalue weighted by Crippen LogP contribution is 2.27. The van der Waals surface area contributed by atoms with Gasteiger partial charge in [-0.3, -0.25) is 15.1 Å². The average molecular weight is 436 g/mol. The lowest BCUT2D eigenvalue weighted by molar-refractivity contribution is 0.628. The van der Waals surface area contributed by atoms with Crippen LogP contribution >= 0.6 is 0 Å². The number of fused-ring (bicyclic) bond motifs is 1. The van der Waals surface area contributed by atoms with Gasteiger partial charge in [0.1, 0.15) is 11.5 Å². The highest BCUT2D eigenvalue weighted by Gasteiger charge is 2.13. The van der Waals surface area contributed by atoms with E-state index in [0.717, 1.165) is 49.4 Å². The predicted molar refractivity (Wildman–Crippen MR) is 129 cm³/mol. The zero-order chi connectivity index (χ0) is 22.9. The van der Waals surface area contributed by atoms with Gasteiger partial charge in [0.2, 0.25) is 0 Å². The first kappa shape index (κ1) is 20.5. The fraction of sp³-hybridized carbons (Fsp3) is 0.0769. The number of benzene rings is 1. The van der Waals surface area contributed by atoms with E-state index in [4.69, 9.17) is 4.98 Å². The lowest BCUT2D eigenvalue weighted by Crippen LogP contribution is -2.21. The first-order chi connectivity index (χ1) is 16.0. The Labute approximate surface area is 189 Å². The zero-order valence-electron chi connectivity index (χ0n) is 18.2. The molecule has 162 valence electrons. The van der Waals surface area contributed by atoms with Gasteiger partial charge in [0.15, 0.2) is 5.82 Å². The fourth-order valence-corrected chi connectivity index (χ4v) is 3.67. The molecule has 0 unspecified atom stereocenters. The highest BCUT2D eigenvalue weighted by atomic mass is 19.1. The van der Waals surface area contributed by atoms with Crippen LogP contribution in [0.2, 0.25) is 0 Å². The SMILES string of the molecule is C=c1c(-c2nc3c(-c4ccc(F)cc4)cncc3[nH]2)n[nH]/c1=C/C=C(\C)c1cncc(C)c1. The molecule has 0 fully saturated rings. The monoisotopic (exact) mass is 436 g/mol. The molecule has 5 aromatic rings. The molecular weight excluding hydrogens is 415 g/mol. The quantitative estimate of drug-likeness (QED) is 0.443. The number of nitrogens with zero attached hydrogens (tertiary/aromatic N) is 4. The van der Waals surface area contributed by atoms with Crippen LogP contribution in [0.25, 0.3) is 51.9 Å². The Morgan fingerprint density at radius 3 is 2.64 bits per heavy atom. The molecule has 6 nitrogen and oxygen atoms in total. The number of H-pyrrole nitrogens is 2. The Bertz CT molecular complexity index is 1610. The summed E-state index contributed by atoms with van der Waals surface area (Å²) >= 11 is 0. The van der Waals surface area contributed by atoms with Crippen molar-refractivity contribution in [3.05, 3.63) is 88.7 Å². The number of imidazole rings is 1. The zero-order valence-corrected chi connectivity index (χ0v) is 18.2. The highest BCUT2D eigenvalue weighted by molar-refractivity contribution is 5.92. The number of pyridine rings is 2. The molecule has 5 rings (SSSR count). The molecule has 0 aliphatic heterocycles. The molecule has 7 heteroatoms. The van der Waals surface area contributed by atoms with Crippen molar-refractivity contribution >= 4 is 29.3 Å². The van der Waals surface area contributed by atoms with Crippen molar-refractivity contribution in [2.45, 2.75) is 13.8 Å². The van der Waals surface area contributed by atoms with Gasteiger partial charge in [-0.1, -0.05) is 24.8 Å². The molecule has 0 atom stereocenters. The summed E-state index contributed by atoms with van der Waals surface area (Å²) in [6.45, 7) is 8.26. The number of aromatic amines is 2. The van der Waals surface area contributed by atoms with E-state index in [2.05, 4.69) is 37.8 Å². The van der Waals surface area contributed by atoms with E-state index in [1.807, 2.05) is 38.4 Å². The van der Waals surface area contributed by atoms with Gasteiger partial charge in [0.05, 0.1) is 22.6 Å². The van der Waals surface area contributed by atoms with Gasteiger partial charge in [-0.05, 0) is 60.4 Å². The van der Waals surface area contributed by atoms with Crippen LogP contribution in [0.5, 0.6) is 0 Å². The third-order valence-corrected chi connectivity index (χ3v) is 5.50. The molecule has 4 heterocycles. The van der Waals surface area contributed by atoms with Crippen LogP contribution in [0.15, 0.2) is 61.2 Å². The fourth-order valence-electron chi connectivity index (χ4n) is 3.67. The molecule has 2 N–H and O–H groups in total. The summed E-state index contributed by atoms with van der Waals surface area (Å²) in [5.74, 6) is 0.303. The molecule has 0 saturated carbocycles. The number of rotatable bonds is 4. The third-order valence-electron chi connectivity index (χ3n) is 5.50. The van der Waals surface area contributed by atoms with E-state index in [1.54, 1.807) is 24.5 Å². The second-order valence-corrected chi connectivity index (χ2v) is 7.91. The molecule has 0 aliphatic carbocycles. The lowest BCUT2D eigenvalue weighted by atomic mass is 10.1. The second kappa shape index (κ2) is 8.27. The van der Waals surface area contributed by atoms with Crippen molar-refractivity contribution in [3.63, 3.8) is 0 Å². The van der Waals surface area contributed by atoms with Gasteiger partial charge in [0.25, 0.3) is 0 Å². The van der Waals surface area contributed by atoms with Crippen molar-refractivity contribution < 1.29 is 4.39 Å².